The topological polar surface area (TPSA) is 173 Å². The number of fused-ring (bicyclic) bond motifs is 3. The maximum atomic E-state index is 12.2. The summed E-state index contributed by atoms with van der Waals surface area (Å²) in [6.07, 6.45) is 5.78. The van der Waals surface area contributed by atoms with Crippen molar-refractivity contribution in [2.75, 3.05) is 40.3 Å². The van der Waals surface area contributed by atoms with Crippen molar-refractivity contribution < 1.29 is 38.0 Å². The molecule has 1 aliphatic rings. The minimum absolute atomic E-state index is 0.108. The molecule has 0 amide bonds. The monoisotopic (exact) mass is 610 g/mol. The maximum absolute atomic E-state index is 12.2. The third-order valence-electron chi connectivity index (χ3n) is 6.15. The van der Waals surface area contributed by atoms with Gasteiger partial charge in [-0.05, 0) is 26.0 Å². The summed E-state index contributed by atoms with van der Waals surface area (Å²) >= 11 is 5.82. The number of hydrogen-bond donors (Lipinski definition) is 2. The largest absolute Gasteiger partial charge is 0.490 e. The molecule has 4 aromatic heterocycles. The van der Waals surface area contributed by atoms with Crippen LogP contribution in [0.3, 0.4) is 0 Å². The molecule has 2 N–H and O–H groups in total. The first-order valence-corrected chi connectivity index (χ1v) is 13.5. The fourth-order valence-corrected chi connectivity index (χ4v) is 4.49. The second kappa shape index (κ2) is 13.4. The summed E-state index contributed by atoms with van der Waals surface area (Å²) in [4.78, 5) is 46.1. The smallest absolute Gasteiger partial charge is 0.341 e. The zero-order valence-electron chi connectivity index (χ0n) is 23.4. The zero-order valence-corrected chi connectivity index (χ0v) is 24.2. The summed E-state index contributed by atoms with van der Waals surface area (Å²) in [6.45, 7) is 4.99. The number of esters is 2. The van der Waals surface area contributed by atoms with E-state index in [4.69, 9.17) is 40.0 Å². The first-order chi connectivity index (χ1) is 21.0. The van der Waals surface area contributed by atoms with Gasteiger partial charge in [-0.3, -0.25) is 0 Å². The van der Waals surface area contributed by atoms with Crippen LogP contribution in [0.25, 0.3) is 33.3 Å². The van der Waals surface area contributed by atoms with E-state index in [9.17, 15) is 9.59 Å². The molecule has 0 bridgehead atoms. The molecule has 1 aromatic carbocycles. The van der Waals surface area contributed by atoms with Crippen molar-refractivity contribution >= 4 is 45.6 Å². The van der Waals surface area contributed by atoms with Crippen LogP contribution in [0.1, 0.15) is 34.6 Å². The SMILES string of the molecule is CCOC(=O)c1c[nH]c2c(-c3c(OCCOC)ccc4c3OCO4)ncnc12.CCOC(=O)c1c[nH]c2c(Cl)ncnc12. The number of aromatic amines is 2. The molecule has 0 atom stereocenters. The minimum Gasteiger partial charge on any atom is -0.490 e. The normalized spacial score (nSPS) is 11.7. The number of benzene rings is 1. The summed E-state index contributed by atoms with van der Waals surface area (Å²) < 4.78 is 32.1. The molecule has 0 spiro atoms. The highest BCUT2D eigenvalue weighted by atomic mass is 35.5. The van der Waals surface area contributed by atoms with Gasteiger partial charge in [-0.1, -0.05) is 11.6 Å². The summed E-state index contributed by atoms with van der Waals surface area (Å²) in [5.74, 6) is 0.820. The van der Waals surface area contributed by atoms with Crippen LogP contribution in [0.4, 0.5) is 0 Å². The van der Waals surface area contributed by atoms with Gasteiger partial charge in [0, 0.05) is 19.5 Å². The van der Waals surface area contributed by atoms with Crippen molar-refractivity contribution in [1.29, 1.82) is 0 Å². The van der Waals surface area contributed by atoms with E-state index in [2.05, 4.69) is 29.9 Å². The van der Waals surface area contributed by atoms with E-state index < -0.39 is 11.9 Å². The quantitative estimate of drug-likeness (QED) is 0.137. The number of ether oxygens (including phenoxy) is 6. The summed E-state index contributed by atoms with van der Waals surface area (Å²) in [6, 6.07) is 3.58. The highest BCUT2D eigenvalue weighted by Crippen LogP contribution is 2.47. The number of aromatic nitrogens is 6. The summed E-state index contributed by atoms with van der Waals surface area (Å²) in [5.41, 5.74) is 3.93. The molecule has 1 aliphatic heterocycles. The van der Waals surface area contributed by atoms with Gasteiger partial charge >= 0.3 is 11.9 Å². The van der Waals surface area contributed by atoms with Crippen molar-refractivity contribution in [1.82, 2.24) is 29.9 Å². The fraction of sp³-hybridized carbons (Fsp3) is 0.286. The van der Waals surface area contributed by atoms with Crippen LogP contribution < -0.4 is 14.2 Å². The second-order valence-electron chi connectivity index (χ2n) is 8.69. The molecular weight excluding hydrogens is 584 g/mol. The van der Waals surface area contributed by atoms with Crippen molar-refractivity contribution in [3.8, 4) is 28.5 Å². The van der Waals surface area contributed by atoms with Gasteiger partial charge in [0.15, 0.2) is 16.7 Å². The molecule has 43 heavy (non-hydrogen) atoms. The molecule has 14 nitrogen and oxygen atoms in total. The molecule has 0 radical (unpaired) electrons. The number of nitrogens with one attached hydrogen (secondary N) is 2. The van der Waals surface area contributed by atoms with Gasteiger partial charge in [0.05, 0.1) is 30.9 Å². The Kier molecular flexibility index (Phi) is 9.17. The Balaban J connectivity index is 0.000000207. The van der Waals surface area contributed by atoms with Gasteiger partial charge in [-0.15, -0.1) is 0 Å². The highest BCUT2D eigenvalue weighted by Gasteiger charge is 2.27. The number of H-pyrrole nitrogens is 2. The van der Waals surface area contributed by atoms with Crippen LogP contribution in [-0.2, 0) is 14.2 Å². The molecule has 0 aliphatic carbocycles. The van der Waals surface area contributed by atoms with Crippen molar-refractivity contribution in [3.05, 3.63) is 53.5 Å². The molecule has 5 heterocycles. The van der Waals surface area contributed by atoms with Crippen molar-refractivity contribution in [2.24, 2.45) is 0 Å². The lowest BCUT2D eigenvalue weighted by Crippen LogP contribution is -2.06. The van der Waals surface area contributed by atoms with E-state index in [1.54, 1.807) is 39.3 Å². The number of carbonyl (C=O) groups is 2. The van der Waals surface area contributed by atoms with Crippen LogP contribution in [0, 0.1) is 0 Å². The summed E-state index contributed by atoms with van der Waals surface area (Å²) in [5, 5.41) is 0.288. The predicted octanol–water partition coefficient (Wildman–Crippen LogP) is 4.34. The summed E-state index contributed by atoms with van der Waals surface area (Å²) in [7, 11) is 1.60. The van der Waals surface area contributed by atoms with Crippen LogP contribution in [0.15, 0.2) is 37.2 Å². The lowest BCUT2D eigenvalue weighted by molar-refractivity contribution is 0.0518. The number of hydrogen-bond acceptors (Lipinski definition) is 12. The fourth-order valence-electron chi connectivity index (χ4n) is 4.30. The number of nitrogens with zero attached hydrogens (tertiary/aromatic N) is 4. The lowest BCUT2D eigenvalue weighted by Gasteiger charge is -2.13. The van der Waals surface area contributed by atoms with E-state index >= 15 is 0 Å². The van der Waals surface area contributed by atoms with Gasteiger partial charge in [-0.25, -0.2) is 29.5 Å². The molecule has 6 rings (SSSR count). The Morgan fingerprint density at radius 2 is 1.53 bits per heavy atom. The molecular formula is C28H27ClN6O8. The standard InChI is InChI=1S/C19H19N3O6.C9H8ClN3O2/c1-3-25-19(23)11-8-20-17-15(11)21-9-22-16(17)14-12(26-7-6-24-2)4-5-13-18(14)28-10-27-13;1-2-15-9(14)5-3-11-7-6(5)12-4-13-8(7)10/h4-5,8-9,20H,3,6-7,10H2,1-2H3;3-4,11H,2H2,1H3. The molecule has 0 saturated heterocycles. The van der Waals surface area contributed by atoms with Gasteiger partial charge in [0.1, 0.15) is 58.4 Å². The number of methoxy groups -OCH3 is 1. The Bertz CT molecular complexity index is 1770. The molecule has 15 heteroatoms. The number of halogens is 1. The first-order valence-electron chi connectivity index (χ1n) is 13.2. The van der Waals surface area contributed by atoms with Gasteiger partial charge in [0.25, 0.3) is 0 Å². The Morgan fingerprint density at radius 1 is 0.884 bits per heavy atom. The predicted molar refractivity (Wildman–Crippen MR) is 154 cm³/mol. The van der Waals surface area contributed by atoms with E-state index in [-0.39, 0.29) is 18.6 Å². The van der Waals surface area contributed by atoms with E-state index in [0.717, 1.165) is 0 Å². The van der Waals surface area contributed by atoms with E-state index in [0.29, 0.717) is 81.5 Å². The number of rotatable bonds is 9. The molecule has 0 fully saturated rings. The Morgan fingerprint density at radius 3 is 2.21 bits per heavy atom. The third-order valence-corrected chi connectivity index (χ3v) is 6.44. The van der Waals surface area contributed by atoms with Crippen molar-refractivity contribution in [2.45, 2.75) is 13.8 Å². The van der Waals surface area contributed by atoms with Crippen LogP contribution >= 0.6 is 11.6 Å². The van der Waals surface area contributed by atoms with Crippen molar-refractivity contribution in [3.63, 3.8) is 0 Å². The first kappa shape index (κ1) is 29.5. The Labute approximate surface area is 249 Å². The molecule has 5 aromatic rings. The highest BCUT2D eigenvalue weighted by molar-refractivity contribution is 6.34. The molecule has 0 unspecified atom stereocenters. The van der Waals surface area contributed by atoms with Gasteiger partial charge in [0.2, 0.25) is 6.79 Å². The Hall–Kier alpha value is -4.95. The second-order valence-corrected chi connectivity index (χ2v) is 9.05. The van der Waals surface area contributed by atoms with Gasteiger partial charge in [-0.2, -0.15) is 0 Å². The van der Waals surface area contributed by atoms with Crippen LogP contribution in [-0.4, -0.2) is 82.2 Å². The number of carbonyl (C=O) groups excluding carboxylic acids is 2. The lowest BCUT2D eigenvalue weighted by atomic mass is 10.1. The maximum Gasteiger partial charge on any atom is 0.341 e. The van der Waals surface area contributed by atoms with E-state index in [1.807, 2.05) is 0 Å². The van der Waals surface area contributed by atoms with Crippen LogP contribution in [0.2, 0.25) is 5.15 Å². The van der Waals surface area contributed by atoms with Crippen LogP contribution in [0.5, 0.6) is 17.2 Å². The molecule has 0 saturated carbocycles. The zero-order chi connectivity index (χ0) is 30.3. The molecule has 224 valence electrons. The average Bonchev–Trinajstić information content (AvgIpc) is 3.76. The minimum atomic E-state index is -0.451. The third kappa shape index (κ3) is 6.01. The average molecular weight is 611 g/mol. The van der Waals surface area contributed by atoms with Gasteiger partial charge < -0.3 is 38.4 Å². The van der Waals surface area contributed by atoms with E-state index in [1.165, 1.54) is 18.9 Å².